The number of hydrogen-bond acceptors (Lipinski definition) is 3. The Morgan fingerprint density at radius 2 is 1.79 bits per heavy atom. The molecule has 3 rings (SSSR count). The molecule has 1 aromatic heterocycles. The van der Waals surface area contributed by atoms with Gasteiger partial charge >= 0.3 is 0 Å². The number of hydrogen-bond donors (Lipinski definition) is 2. The molecule has 5 nitrogen and oxygen atoms in total. The Hall–Kier alpha value is -2.80. The summed E-state index contributed by atoms with van der Waals surface area (Å²) in [5.41, 5.74) is 3.01. The van der Waals surface area contributed by atoms with E-state index in [2.05, 4.69) is 20.7 Å². The summed E-state index contributed by atoms with van der Waals surface area (Å²) >= 11 is 5.25. The summed E-state index contributed by atoms with van der Waals surface area (Å²) in [4.78, 5) is 4.16. The molecule has 1 heterocycles. The van der Waals surface area contributed by atoms with E-state index in [1.165, 1.54) is 17.7 Å². The van der Waals surface area contributed by atoms with Crippen molar-refractivity contribution in [1.29, 1.82) is 0 Å². The minimum Gasteiger partial charge on any atom is -0.332 e. The summed E-state index contributed by atoms with van der Waals surface area (Å²) in [6.45, 7) is 2.53. The molecule has 0 aliphatic rings. The molecule has 0 aliphatic carbocycles. The number of halogens is 1. The van der Waals surface area contributed by atoms with E-state index in [4.69, 9.17) is 12.2 Å². The largest absolute Gasteiger partial charge is 0.332 e. The highest BCUT2D eigenvalue weighted by molar-refractivity contribution is 7.80. The molecule has 0 amide bonds. The SMILES string of the molecule is Cc1ccc(NC(=S)Nc2ncn(Cc3ccc(F)cc3)n2)cc1. The van der Waals surface area contributed by atoms with Crippen LogP contribution in [0.5, 0.6) is 0 Å². The molecule has 0 bridgehead atoms. The topological polar surface area (TPSA) is 54.8 Å². The summed E-state index contributed by atoms with van der Waals surface area (Å²) < 4.78 is 14.6. The molecule has 0 spiro atoms. The first-order valence-corrected chi connectivity index (χ1v) is 7.78. The van der Waals surface area contributed by atoms with Crippen molar-refractivity contribution in [3.63, 3.8) is 0 Å². The van der Waals surface area contributed by atoms with Gasteiger partial charge in [-0.1, -0.05) is 29.8 Å². The van der Waals surface area contributed by atoms with Crippen LogP contribution in [0.25, 0.3) is 0 Å². The van der Waals surface area contributed by atoms with Crippen molar-refractivity contribution in [3.05, 3.63) is 71.8 Å². The molecule has 0 unspecified atom stereocenters. The van der Waals surface area contributed by atoms with Crippen LogP contribution in [0.15, 0.2) is 54.9 Å². The second kappa shape index (κ2) is 7.18. The fourth-order valence-electron chi connectivity index (χ4n) is 2.11. The Morgan fingerprint density at radius 1 is 1.08 bits per heavy atom. The molecule has 0 radical (unpaired) electrons. The smallest absolute Gasteiger partial charge is 0.248 e. The number of aromatic nitrogens is 3. The van der Waals surface area contributed by atoms with Crippen LogP contribution in [0.2, 0.25) is 0 Å². The van der Waals surface area contributed by atoms with Crippen LogP contribution in [0, 0.1) is 12.7 Å². The third kappa shape index (κ3) is 4.36. The third-order valence-corrected chi connectivity index (χ3v) is 3.53. The zero-order valence-corrected chi connectivity index (χ0v) is 13.8. The summed E-state index contributed by atoms with van der Waals surface area (Å²) in [6.07, 6.45) is 1.60. The first-order chi connectivity index (χ1) is 11.6. The van der Waals surface area contributed by atoms with Crippen LogP contribution in [-0.2, 0) is 6.54 Å². The molecular formula is C17H16FN5S. The number of thiocarbonyl (C=S) groups is 1. The Morgan fingerprint density at radius 3 is 2.50 bits per heavy atom. The van der Waals surface area contributed by atoms with Gasteiger partial charge in [0, 0.05) is 5.69 Å². The van der Waals surface area contributed by atoms with E-state index in [1.807, 2.05) is 31.2 Å². The van der Waals surface area contributed by atoms with E-state index < -0.39 is 0 Å². The van der Waals surface area contributed by atoms with Crippen molar-refractivity contribution in [1.82, 2.24) is 14.8 Å². The molecule has 0 atom stereocenters. The number of aryl methyl sites for hydroxylation is 1. The average Bonchev–Trinajstić information content (AvgIpc) is 2.99. The maximum Gasteiger partial charge on any atom is 0.248 e. The van der Waals surface area contributed by atoms with Crippen molar-refractivity contribution >= 4 is 29.0 Å². The Balaban J connectivity index is 1.58. The van der Waals surface area contributed by atoms with E-state index in [0.717, 1.165) is 11.3 Å². The zero-order chi connectivity index (χ0) is 16.9. The maximum atomic E-state index is 12.9. The molecule has 0 saturated carbocycles. The monoisotopic (exact) mass is 341 g/mol. The van der Waals surface area contributed by atoms with Gasteiger partial charge in [-0.2, -0.15) is 0 Å². The van der Waals surface area contributed by atoms with Gasteiger partial charge in [0.2, 0.25) is 5.95 Å². The number of nitrogens with zero attached hydrogens (tertiary/aromatic N) is 3. The summed E-state index contributed by atoms with van der Waals surface area (Å²) in [7, 11) is 0. The van der Waals surface area contributed by atoms with E-state index in [9.17, 15) is 4.39 Å². The fraction of sp³-hybridized carbons (Fsp3) is 0.118. The van der Waals surface area contributed by atoms with E-state index in [0.29, 0.717) is 17.6 Å². The third-order valence-electron chi connectivity index (χ3n) is 3.33. The first-order valence-electron chi connectivity index (χ1n) is 7.37. The molecule has 122 valence electrons. The zero-order valence-electron chi connectivity index (χ0n) is 13.0. The van der Waals surface area contributed by atoms with E-state index >= 15 is 0 Å². The van der Waals surface area contributed by atoms with Crippen molar-refractivity contribution in [2.24, 2.45) is 0 Å². The minimum atomic E-state index is -0.257. The molecule has 2 N–H and O–H groups in total. The van der Waals surface area contributed by atoms with Gasteiger partial charge < -0.3 is 5.32 Å². The van der Waals surface area contributed by atoms with Gasteiger partial charge in [-0.25, -0.2) is 14.1 Å². The van der Waals surface area contributed by atoms with Crippen LogP contribution in [-0.4, -0.2) is 19.9 Å². The van der Waals surface area contributed by atoms with Crippen molar-refractivity contribution in [2.75, 3.05) is 10.6 Å². The van der Waals surface area contributed by atoms with Gasteiger partial charge in [-0.05, 0) is 49.0 Å². The second-order valence-electron chi connectivity index (χ2n) is 5.34. The average molecular weight is 341 g/mol. The maximum absolute atomic E-state index is 12.9. The molecule has 2 aromatic carbocycles. The standard InChI is InChI=1S/C17H16FN5S/c1-12-2-8-15(9-3-12)20-17(24)21-16-19-11-23(22-16)10-13-4-6-14(18)7-5-13/h2-9,11H,10H2,1H3,(H2,20,21,22,24). The highest BCUT2D eigenvalue weighted by atomic mass is 32.1. The van der Waals surface area contributed by atoms with Crippen LogP contribution in [0.3, 0.4) is 0 Å². The van der Waals surface area contributed by atoms with Crippen LogP contribution < -0.4 is 10.6 Å². The molecular weight excluding hydrogens is 325 g/mol. The lowest BCUT2D eigenvalue weighted by Gasteiger charge is -2.08. The minimum absolute atomic E-state index is 0.257. The van der Waals surface area contributed by atoms with Gasteiger partial charge in [-0.15, -0.1) is 5.10 Å². The van der Waals surface area contributed by atoms with Gasteiger partial charge in [0.1, 0.15) is 12.1 Å². The summed E-state index contributed by atoms with van der Waals surface area (Å²) in [5.74, 6) is 0.147. The van der Waals surface area contributed by atoms with Crippen LogP contribution in [0.1, 0.15) is 11.1 Å². The highest BCUT2D eigenvalue weighted by Gasteiger charge is 2.04. The van der Waals surface area contributed by atoms with Crippen molar-refractivity contribution < 1.29 is 4.39 Å². The number of benzene rings is 2. The number of anilines is 2. The normalized spacial score (nSPS) is 10.4. The number of rotatable bonds is 4. The molecule has 0 aliphatic heterocycles. The Labute approximate surface area is 144 Å². The lowest BCUT2D eigenvalue weighted by atomic mass is 10.2. The summed E-state index contributed by atoms with van der Waals surface area (Å²) in [6, 6.07) is 14.2. The lowest BCUT2D eigenvalue weighted by molar-refractivity contribution is 0.624. The Bertz CT molecular complexity index is 827. The predicted octanol–water partition coefficient (Wildman–Crippen LogP) is 3.58. The van der Waals surface area contributed by atoms with Crippen LogP contribution >= 0.6 is 12.2 Å². The highest BCUT2D eigenvalue weighted by Crippen LogP contribution is 2.10. The Kier molecular flexibility index (Phi) is 4.81. The van der Waals surface area contributed by atoms with Crippen molar-refractivity contribution in [3.8, 4) is 0 Å². The summed E-state index contributed by atoms with van der Waals surface area (Å²) in [5, 5.41) is 10.7. The molecule has 0 fully saturated rings. The predicted molar refractivity (Wildman–Crippen MR) is 96.5 cm³/mol. The second-order valence-corrected chi connectivity index (χ2v) is 5.75. The molecule has 24 heavy (non-hydrogen) atoms. The molecule has 0 saturated heterocycles. The van der Waals surface area contributed by atoms with Gasteiger partial charge in [0.15, 0.2) is 5.11 Å². The molecule has 3 aromatic rings. The quantitative estimate of drug-likeness (QED) is 0.711. The fourth-order valence-corrected chi connectivity index (χ4v) is 2.31. The number of nitrogens with one attached hydrogen (secondary N) is 2. The van der Waals surface area contributed by atoms with Gasteiger partial charge in [-0.3, -0.25) is 5.32 Å². The van der Waals surface area contributed by atoms with E-state index in [1.54, 1.807) is 23.1 Å². The van der Waals surface area contributed by atoms with Gasteiger partial charge in [0.05, 0.1) is 6.54 Å². The van der Waals surface area contributed by atoms with Crippen LogP contribution in [0.4, 0.5) is 16.0 Å². The van der Waals surface area contributed by atoms with Crippen molar-refractivity contribution in [2.45, 2.75) is 13.5 Å². The van der Waals surface area contributed by atoms with E-state index in [-0.39, 0.29) is 5.82 Å². The first kappa shape index (κ1) is 16.1. The molecule has 7 heteroatoms. The lowest BCUT2D eigenvalue weighted by Crippen LogP contribution is -2.20. The van der Waals surface area contributed by atoms with Gasteiger partial charge in [0.25, 0.3) is 0 Å².